The van der Waals surface area contributed by atoms with Crippen molar-refractivity contribution in [2.75, 3.05) is 0 Å². The van der Waals surface area contributed by atoms with Gasteiger partial charge in [-0.25, -0.2) is 4.68 Å². The van der Waals surface area contributed by atoms with Crippen LogP contribution < -0.4 is 10.9 Å². The third-order valence-corrected chi connectivity index (χ3v) is 9.46. The maximum Gasteiger partial charge on any atom is 0.416 e. The molecule has 3 aliphatic rings. The van der Waals surface area contributed by atoms with E-state index in [-0.39, 0.29) is 23.3 Å². The lowest BCUT2D eigenvalue weighted by atomic mass is 9.73. The lowest BCUT2D eigenvalue weighted by Gasteiger charge is -2.40. The predicted molar refractivity (Wildman–Crippen MR) is 144 cm³/mol. The minimum atomic E-state index is -4.51. The molecule has 4 unspecified atom stereocenters. The maximum atomic E-state index is 13.7. The molecule has 5 nitrogen and oxygen atoms in total. The highest BCUT2D eigenvalue weighted by Crippen LogP contribution is 2.55. The minimum Gasteiger partial charge on any atom is -0.346 e. The van der Waals surface area contributed by atoms with E-state index in [1.807, 2.05) is 0 Å². The lowest BCUT2D eigenvalue weighted by Crippen LogP contribution is -2.52. The smallest absolute Gasteiger partial charge is 0.346 e. The molecule has 3 fully saturated rings. The van der Waals surface area contributed by atoms with Crippen molar-refractivity contribution in [3.8, 4) is 5.69 Å². The second-order valence-corrected chi connectivity index (χ2v) is 12.3. The van der Waals surface area contributed by atoms with Crippen LogP contribution in [0.2, 0.25) is 10.0 Å². The van der Waals surface area contributed by atoms with Gasteiger partial charge in [0.2, 0.25) is 0 Å². The Bertz CT molecular complexity index is 1480. The van der Waals surface area contributed by atoms with Crippen LogP contribution in [0.25, 0.3) is 5.69 Å². The Morgan fingerprint density at radius 2 is 1.79 bits per heavy atom. The fourth-order valence-corrected chi connectivity index (χ4v) is 7.74. The van der Waals surface area contributed by atoms with Crippen molar-refractivity contribution in [3.05, 3.63) is 85.8 Å². The maximum absolute atomic E-state index is 13.7. The summed E-state index contributed by atoms with van der Waals surface area (Å²) in [5, 5.41) is 4.08. The van der Waals surface area contributed by atoms with Crippen LogP contribution >= 0.6 is 23.2 Å². The van der Waals surface area contributed by atoms with Crippen LogP contribution in [-0.2, 0) is 12.7 Å². The number of nitrogens with zero attached hydrogens (tertiary/aromatic N) is 2. The van der Waals surface area contributed by atoms with Crippen molar-refractivity contribution in [1.29, 1.82) is 0 Å². The molecule has 1 heterocycles. The van der Waals surface area contributed by atoms with E-state index < -0.39 is 23.2 Å². The summed E-state index contributed by atoms with van der Waals surface area (Å²) >= 11 is 12.4. The topological polar surface area (TPSA) is 56.0 Å². The Balaban J connectivity index is 1.37. The number of benzene rings is 2. The zero-order valence-corrected chi connectivity index (χ0v) is 22.6. The Labute approximate surface area is 233 Å². The Morgan fingerprint density at radius 1 is 1.05 bits per heavy atom. The van der Waals surface area contributed by atoms with Gasteiger partial charge in [-0.15, -0.1) is 0 Å². The van der Waals surface area contributed by atoms with Crippen LogP contribution in [0.5, 0.6) is 0 Å². The van der Waals surface area contributed by atoms with Crippen LogP contribution in [0.15, 0.2) is 53.5 Å². The van der Waals surface area contributed by atoms with Crippen molar-refractivity contribution in [2.45, 2.75) is 63.2 Å². The summed E-state index contributed by atoms with van der Waals surface area (Å²) in [6, 6.07) is 9.26. The zero-order chi connectivity index (χ0) is 27.5. The van der Waals surface area contributed by atoms with Gasteiger partial charge in [-0.3, -0.25) is 14.3 Å². The number of amides is 1. The van der Waals surface area contributed by atoms with Gasteiger partial charge >= 0.3 is 6.18 Å². The highest BCUT2D eigenvalue weighted by molar-refractivity contribution is 6.35. The fraction of sp³-hybridized carbons (Fsp3) is 0.448. The van der Waals surface area contributed by atoms with Crippen LogP contribution in [0.4, 0.5) is 13.2 Å². The Hall–Kier alpha value is -2.71. The number of halogens is 5. The highest BCUT2D eigenvalue weighted by atomic mass is 35.5. The largest absolute Gasteiger partial charge is 0.416 e. The number of carbonyl (C=O) groups excluding carboxylic acids is 1. The quantitative estimate of drug-likeness (QED) is 0.351. The van der Waals surface area contributed by atoms with Gasteiger partial charge in [0.05, 0.1) is 17.8 Å². The van der Waals surface area contributed by atoms with E-state index in [0.717, 1.165) is 43.7 Å². The molecule has 0 saturated heterocycles. The molecule has 10 heteroatoms. The van der Waals surface area contributed by atoms with Crippen molar-refractivity contribution in [1.82, 2.24) is 14.7 Å². The van der Waals surface area contributed by atoms with Crippen LogP contribution in [0, 0.1) is 17.8 Å². The summed E-state index contributed by atoms with van der Waals surface area (Å²) in [5.41, 5.74) is -0.937. The van der Waals surface area contributed by atoms with E-state index >= 15 is 0 Å². The monoisotopic (exact) mass is 577 g/mol. The molecule has 1 aromatic heterocycles. The Kier molecular flexibility index (Phi) is 6.62. The van der Waals surface area contributed by atoms with Gasteiger partial charge in [0, 0.05) is 21.8 Å². The van der Waals surface area contributed by atoms with E-state index in [4.69, 9.17) is 23.2 Å². The number of rotatable bonds is 5. The lowest BCUT2D eigenvalue weighted by molar-refractivity contribution is -0.137. The van der Waals surface area contributed by atoms with E-state index in [0.29, 0.717) is 27.4 Å². The molecule has 3 aliphatic carbocycles. The van der Waals surface area contributed by atoms with Crippen molar-refractivity contribution in [2.24, 2.45) is 17.8 Å². The van der Waals surface area contributed by atoms with Gasteiger partial charge < -0.3 is 5.32 Å². The number of aromatic nitrogens is 2. The van der Waals surface area contributed by atoms with Crippen LogP contribution in [0.3, 0.4) is 0 Å². The molecular weight excluding hydrogens is 550 g/mol. The third-order valence-electron chi connectivity index (χ3n) is 8.87. The van der Waals surface area contributed by atoms with Crippen LogP contribution in [0.1, 0.15) is 66.4 Å². The van der Waals surface area contributed by atoms with E-state index in [9.17, 15) is 22.8 Å². The molecule has 2 aromatic carbocycles. The van der Waals surface area contributed by atoms with Gasteiger partial charge in [-0.1, -0.05) is 42.1 Å². The predicted octanol–water partition coefficient (Wildman–Crippen LogP) is 7.10. The number of alkyl halides is 3. The normalized spacial score (nSPS) is 26.0. The van der Waals surface area contributed by atoms with Crippen molar-refractivity contribution < 1.29 is 18.0 Å². The summed E-state index contributed by atoms with van der Waals surface area (Å²) < 4.78 is 42.3. The van der Waals surface area contributed by atoms with E-state index in [1.165, 1.54) is 47.0 Å². The molecular formula is C29H28Cl2F3N3O2. The average Bonchev–Trinajstić information content (AvgIpc) is 3.30. The van der Waals surface area contributed by atoms with E-state index in [1.54, 1.807) is 18.2 Å². The van der Waals surface area contributed by atoms with Gasteiger partial charge in [0.25, 0.3) is 11.5 Å². The number of hydrogen-bond donors (Lipinski definition) is 1. The van der Waals surface area contributed by atoms with Gasteiger partial charge in [0.15, 0.2) is 0 Å². The molecule has 3 aromatic rings. The molecule has 0 aliphatic heterocycles. The average molecular weight is 578 g/mol. The minimum absolute atomic E-state index is 0.0481. The van der Waals surface area contributed by atoms with Gasteiger partial charge in [-0.2, -0.15) is 13.2 Å². The molecule has 39 heavy (non-hydrogen) atoms. The second kappa shape index (κ2) is 9.73. The van der Waals surface area contributed by atoms with Crippen LogP contribution in [-0.4, -0.2) is 20.8 Å². The SMILES string of the molecule is O=C(NC12CCCC3CC(CC3C1)C2)c1cn(Cc2ccc(Cl)cc2Cl)n(-c2ccc(C(F)(F)F)cc2)c1=O. The highest BCUT2D eigenvalue weighted by Gasteiger charge is 2.50. The summed E-state index contributed by atoms with van der Waals surface area (Å²) in [6.45, 7) is 0.108. The molecule has 3 saturated carbocycles. The fourth-order valence-electron chi connectivity index (χ4n) is 7.27. The number of fused-ring (bicyclic) bond motifs is 2. The van der Waals surface area contributed by atoms with E-state index in [2.05, 4.69) is 5.32 Å². The second-order valence-electron chi connectivity index (χ2n) is 11.4. The number of carbonyl (C=O) groups is 1. The summed E-state index contributed by atoms with van der Waals surface area (Å²) in [6.07, 6.45) is 4.42. The molecule has 0 radical (unpaired) electrons. The molecule has 3 bridgehead atoms. The number of hydrogen-bond acceptors (Lipinski definition) is 2. The first-order valence-electron chi connectivity index (χ1n) is 13.3. The Morgan fingerprint density at radius 3 is 2.51 bits per heavy atom. The molecule has 206 valence electrons. The molecule has 1 amide bonds. The standard InChI is InChI=1S/C29H28Cl2F3N3O2/c30-22-6-3-19(25(31)12-22)15-36-16-24(27(39)37(36)23-7-4-21(5-8-23)29(32,33)34)26(38)35-28-9-1-2-18-10-17(13-28)11-20(18)14-28/h3-8,12,16-18,20H,1-2,9-11,13-15H2,(H,35,38). The van der Waals surface area contributed by atoms with Crippen molar-refractivity contribution in [3.63, 3.8) is 0 Å². The first kappa shape index (κ1) is 26.5. The van der Waals surface area contributed by atoms with Gasteiger partial charge in [-0.05, 0) is 91.8 Å². The molecule has 4 atom stereocenters. The zero-order valence-electron chi connectivity index (χ0n) is 21.1. The molecule has 6 rings (SSSR count). The molecule has 1 N–H and O–H groups in total. The third kappa shape index (κ3) is 5.02. The van der Waals surface area contributed by atoms with Crippen molar-refractivity contribution >= 4 is 29.1 Å². The first-order chi connectivity index (χ1) is 18.5. The van der Waals surface area contributed by atoms with Gasteiger partial charge in [0.1, 0.15) is 5.56 Å². The first-order valence-corrected chi connectivity index (χ1v) is 14.0. The summed E-state index contributed by atoms with van der Waals surface area (Å²) in [7, 11) is 0. The summed E-state index contributed by atoms with van der Waals surface area (Å²) in [4.78, 5) is 27.4. The summed E-state index contributed by atoms with van der Waals surface area (Å²) in [5.74, 6) is 1.52. The molecule has 0 spiro atoms. The number of nitrogens with one attached hydrogen (secondary N) is 1.